The number of para-hydroxylation sites is 1. The fourth-order valence-electron chi connectivity index (χ4n) is 3.67. The number of rotatable bonds is 7. The summed E-state index contributed by atoms with van der Waals surface area (Å²) in [4.78, 5) is 25.2. The zero-order valence-electron chi connectivity index (χ0n) is 19.0. The van der Waals surface area contributed by atoms with Crippen molar-refractivity contribution in [1.82, 2.24) is 9.78 Å². The number of hydrogen-bond donors (Lipinski definition) is 1. The average Bonchev–Trinajstić information content (AvgIpc) is 3.59. The normalized spacial score (nSPS) is 11.0. The first-order valence-corrected chi connectivity index (χ1v) is 11.5. The third-order valence-corrected chi connectivity index (χ3v) is 5.70. The lowest BCUT2D eigenvalue weighted by Crippen LogP contribution is -2.11. The minimum absolute atomic E-state index is 0.191. The van der Waals surface area contributed by atoms with Gasteiger partial charge in [0, 0.05) is 33.6 Å². The second kappa shape index (κ2) is 10.3. The molecular weight excluding hydrogens is 474 g/mol. The molecule has 2 aromatic heterocycles. The molecule has 0 fully saturated rings. The van der Waals surface area contributed by atoms with Crippen molar-refractivity contribution in [3.05, 3.63) is 131 Å². The minimum atomic E-state index is -0.388. The number of ketones is 1. The molecule has 0 atom stereocenters. The van der Waals surface area contributed by atoms with Crippen LogP contribution in [0.2, 0.25) is 5.02 Å². The summed E-state index contributed by atoms with van der Waals surface area (Å²) in [5.41, 5.74) is 4.21. The van der Waals surface area contributed by atoms with E-state index in [4.69, 9.17) is 21.1 Å². The van der Waals surface area contributed by atoms with Crippen LogP contribution in [-0.2, 0) is 0 Å². The number of benzene rings is 3. The van der Waals surface area contributed by atoms with Crippen LogP contribution in [0.25, 0.3) is 23.0 Å². The van der Waals surface area contributed by atoms with Crippen LogP contribution < -0.4 is 5.32 Å². The standard InChI is InChI=1S/C29H20ClN3O3/c30-23-14-11-20(12-15-23)28-22(19-33(32-28)25-8-2-1-3-9-25)13-16-26(34)21-6-4-7-24(18-21)31-29(35)27-10-5-17-36-27/h1-19H,(H,31,35)/b16-13+. The Kier molecular flexibility index (Phi) is 6.60. The van der Waals surface area contributed by atoms with Gasteiger partial charge in [-0.2, -0.15) is 5.10 Å². The molecular formula is C29H20ClN3O3. The van der Waals surface area contributed by atoms with Crippen LogP contribution in [-0.4, -0.2) is 21.5 Å². The molecule has 0 saturated heterocycles. The van der Waals surface area contributed by atoms with E-state index in [-0.39, 0.29) is 17.5 Å². The second-order valence-electron chi connectivity index (χ2n) is 7.93. The van der Waals surface area contributed by atoms with E-state index in [1.807, 2.05) is 48.7 Å². The third kappa shape index (κ3) is 5.19. The lowest BCUT2D eigenvalue weighted by atomic mass is 10.1. The van der Waals surface area contributed by atoms with Gasteiger partial charge in [0.15, 0.2) is 11.5 Å². The molecule has 3 aromatic carbocycles. The largest absolute Gasteiger partial charge is 0.459 e. The Bertz CT molecular complexity index is 1540. The van der Waals surface area contributed by atoms with Gasteiger partial charge in [-0.25, -0.2) is 4.68 Å². The number of amides is 1. The number of carbonyl (C=O) groups excluding carboxylic acids is 2. The van der Waals surface area contributed by atoms with Crippen LogP contribution in [0.15, 0.2) is 114 Å². The van der Waals surface area contributed by atoms with Crippen LogP contribution in [0, 0.1) is 0 Å². The molecule has 176 valence electrons. The first kappa shape index (κ1) is 23.1. The van der Waals surface area contributed by atoms with Crippen molar-refractivity contribution in [2.45, 2.75) is 0 Å². The van der Waals surface area contributed by atoms with Gasteiger partial charge in [-0.1, -0.05) is 54.1 Å². The summed E-state index contributed by atoms with van der Waals surface area (Å²) in [6.45, 7) is 0. The van der Waals surface area contributed by atoms with Gasteiger partial charge in [0.25, 0.3) is 5.91 Å². The zero-order chi connectivity index (χ0) is 24.9. The highest BCUT2D eigenvalue weighted by atomic mass is 35.5. The van der Waals surface area contributed by atoms with Crippen LogP contribution in [0.5, 0.6) is 0 Å². The van der Waals surface area contributed by atoms with Crippen molar-refractivity contribution >= 4 is 35.1 Å². The van der Waals surface area contributed by atoms with E-state index < -0.39 is 0 Å². The van der Waals surface area contributed by atoms with Gasteiger partial charge in [-0.3, -0.25) is 9.59 Å². The summed E-state index contributed by atoms with van der Waals surface area (Å²) in [5.74, 6) is -0.406. The summed E-state index contributed by atoms with van der Waals surface area (Å²) >= 11 is 6.07. The molecule has 2 heterocycles. The van der Waals surface area contributed by atoms with Crippen molar-refractivity contribution in [3.8, 4) is 16.9 Å². The summed E-state index contributed by atoms with van der Waals surface area (Å²) in [6, 6.07) is 27.1. The molecule has 5 aromatic rings. The van der Waals surface area contributed by atoms with Crippen molar-refractivity contribution in [2.24, 2.45) is 0 Å². The summed E-state index contributed by atoms with van der Waals surface area (Å²) in [6.07, 6.45) is 6.55. The average molecular weight is 494 g/mol. The second-order valence-corrected chi connectivity index (χ2v) is 8.37. The minimum Gasteiger partial charge on any atom is -0.459 e. The molecule has 0 saturated carbocycles. The molecule has 0 unspecified atom stereocenters. The highest BCUT2D eigenvalue weighted by Gasteiger charge is 2.13. The van der Waals surface area contributed by atoms with Crippen LogP contribution in [0.3, 0.4) is 0 Å². The Morgan fingerprint density at radius 1 is 0.917 bits per heavy atom. The molecule has 0 spiro atoms. The van der Waals surface area contributed by atoms with Gasteiger partial charge in [0.1, 0.15) is 0 Å². The molecule has 7 heteroatoms. The lowest BCUT2D eigenvalue weighted by Gasteiger charge is -2.04. The molecule has 36 heavy (non-hydrogen) atoms. The summed E-state index contributed by atoms with van der Waals surface area (Å²) < 4.78 is 6.89. The summed E-state index contributed by atoms with van der Waals surface area (Å²) in [7, 11) is 0. The maximum Gasteiger partial charge on any atom is 0.291 e. The summed E-state index contributed by atoms with van der Waals surface area (Å²) in [5, 5.41) is 8.13. The number of furan rings is 1. The number of carbonyl (C=O) groups is 2. The molecule has 0 radical (unpaired) electrons. The van der Waals surface area contributed by atoms with Gasteiger partial charge in [-0.15, -0.1) is 0 Å². The highest BCUT2D eigenvalue weighted by Crippen LogP contribution is 2.26. The van der Waals surface area contributed by atoms with E-state index in [2.05, 4.69) is 5.32 Å². The fourth-order valence-corrected chi connectivity index (χ4v) is 3.79. The van der Waals surface area contributed by atoms with Crippen molar-refractivity contribution in [1.29, 1.82) is 0 Å². The predicted molar refractivity (Wildman–Crippen MR) is 140 cm³/mol. The monoisotopic (exact) mass is 493 g/mol. The number of nitrogens with zero attached hydrogens (tertiary/aromatic N) is 2. The molecule has 1 N–H and O–H groups in total. The third-order valence-electron chi connectivity index (χ3n) is 5.45. The number of anilines is 1. The molecule has 6 nitrogen and oxygen atoms in total. The first-order chi connectivity index (χ1) is 17.6. The SMILES string of the molecule is O=C(/C=C/c1cn(-c2ccccc2)nc1-c1ccc(Cl)cc1)c1cccc(NC(=O)c2ccco2)c1. The number of hydrogen-bond acceptors (Lipinski definition) is 4. The Labute approximate surface area is 212 Å². The molecule has 0 aliphatic rings. The van der Waals surface area contributed by atoms with Gasteiger partial charge in [-0.05, 0) is 60.7 Å². The lowest BCUT2D eigenvalue weighted by molar-refractivity contribution is 0.0994. The van der Waals surface area contributed by atoms with Gasteiger partial charge in [0.2, 0.25) is 0 Å². The van der Waals surface area contributed by atoms with Crippen LogP contribution in [0.1, 0.15) is 26.5 Å². The maximum absolute atomic E-state index is 13.0. The van der Waals surface area contributed by atoms with E-state index in [0.29, 0.717) is 16.3 Å². The van der Waals surface area contributed by atoms with Crippen molar-refractivity contribution < 1.29 is 14.0 Å². The van der Waals surface area contributed by atoms with Crippen LogP contribution in [0.4, 0.5) is 5.69 Å². The Morgan fingerprint density at radius 3 is 2.47 bits per heavy atom. The Morgan fingerprint density at radius 2 is 1.72 bits per heavy atom. The number of allylic oxidation sites excluding steroid dienone is 1. The highest BCUT2D eigenvalue weighted by molar-refractivity contribution is 6.30. The predicted octanol–water partition coefficient (Wildman–Crippen LogP) is 6.93. The number of aromatic nitrogens is 2. The maximum atomic E-state index is 13.0. The molecule has 0 bridgehead atoms. The van der Waals surface area contributed by atoms with E-state index in [9.17, 15) is 9.59 Å². The smallest absolute Gasteiger partial charge is 0.291 e. The number of halogens is 1. The van der Waals surface area contributed by atoms with Gasteiger partial charge >= 0.3 is 0 Å². The van der Waals surface area contributed by atoms with E-state index in [1.165, 1.54) is 12.3 Å². The fraction of sp³-hybridized carbons (Fsp3) is 0. The van der Waals surface area contributed by atoms with Crippen LogP contribution >= 0.6 is 11.6 Å². The van der Waals surface area contributed by atoms with E-state index >= 15 is 0 Å². The number of nitrogens with one attached hydrogen (secondary N) is 1. The van der Waals surface area contributed by atoms with Gasteiger partial charge < -0.3 is 9.73 Å². The zero-order valence-corrected chi connectivity index (χ0v) is 19.7. The quantitative estimate of drug-likeness (QED) is 0.197. The van der Waals surface area contributed by atoms with Crippen molar-refractivity contribution in [3.63, 3.8) is 0 Å². The van der Waals surface area contributed by atoms with E-state index in [0.717, 1.165) is 22.5 Å². The molecule has 0 aliphatic heterocycles. The molecule has 1 amide bonds. The Balaban J connectivity index is 1.42. The Hall–Kier alpha value is -4.68. The molecule has 5 rings (SSSR count). The molecule has 0 aliphatic carbocycles. The van der Waals surface area contributed by atoms with E-state index in [1.54, 1.807) is 59.3 Å². The van der Waals surface area contributed by atoms with Gasteiger partial charge in [0.05, 0.1) is 17.6 Å². The first-order valence-electron chi connectivity index (χ1n) is 11.2. The topological polar surface area (TPSA) is 77.1 Å². The van der Waals surface area contributed by atoms with Crippen molar-refractivity contribution in [2.75, 3.05) is 5.32 Å².